The molecule has 3 atom stereocenters. The number of likely N-dealkylation sites (tertiary alicyclic amines) is 1. The summed E-state index contributed by atoms with van der Waals surface area (Å²) in [5.74, 6) is -2.58. The fraction of sp³-hybridized carbons (Fsp3) is 0.526. The van der Waals surface area contributed by atoms with Crippen LogP contribution >= 0.6 is 11.6 Å². The molecule has 4 rings (SSSR count). The van der Waals surface area contributed by atoms with Crippen LogP contribution < -0.4 is 4.90 Å². The summed E-state index contributed by atoms with van der Waals surface area (Å²) in [5.41, 5.74) is 0.373. The van der Waals surface area contributed by atoms with E-state index in [0.717, 1.165) is 12.8 Å². The Bertz CT molecular complexity index is 813. The smallest absolute Gasteiger partial charge is 0.308 e. The summed E-state index contributed by atoms with van der Waals surface area (Å²) < 4.78 is 13.7. The maximum atomic E-state index is 13.7. The minimum atomic E-state index is -0.858. The summed E-state index contributed by atoms with van der Waals surface area (Å²) in [5, 5.41) is 9.43. The van der Waals surface area contributed by atoms with Crippen molar-refractivity contribution in [3.8, 4) is 0 Å². The molecule has 0 spiro atoms. The topological polar surface area (TPSA) is 77.9 Å². The number of hydrogen-bond acceptors (Lipinski definition) is 3. The van der Waals surface area contributed by atoms with E-state index in [2.05, 4.69) is 0 Å². The molecule has 1 saturated carbocycles. The van der Waals surface area contributed by atoms with Gasteiger partial charge in [-0.2, -0.15) is 0 Å². The number of carboxylic acid groups (broad SMARTS) is 1. The van der Waals surface area contributed by atoms with Gasteiger partial charge in [0, 0.05) is 31.7 Å². The third-order valence-corrected chi connectivity index (χ3v) is 6.22. The van der Waals surface area contributed by atoms with E-state index in [0.29, 0.717) is 18.2 Å². The minimum Gasteiger partial charge on any atom is -0.481 e. The molecule has 2 aliphatic heterocycles. The van der Waals surface area contributed by atoms with Gasteiger partial charge in [0.2, 0.25) is 11.8 Å². The summed E-state index contributed by atoms with van der Waals surface area (Å²) in [6, 6.07) is 4.12. The number of halogens is 2. The average Bonchev–Trinajstić information content (AvgIpc) is 3.25. The number of nitrogens with zero attached hydrogens (tertiary/aromatic N) is 2. The van der Waals surface area contributed by atoms with Gasteiger partial charge in [0.05, 0.1) is 16.9 Å². The van der Waals surface area contributed by atoms with Gasteiger partial charge in [-0.05, 0) is 42.9 Å². The molecule has 1 aromatic carbocycles. The number of aliphatic carboxylic acids is 1. The van der Waals surface area contributed by atoms with Crippen LogP contribution in [0.1, 0.15) is 19.3 Å². The zero-order chi connectivity index (χ0) is 19.3. The number of benzene rings is 1. The third-order valence-electron chi connectivity index (χ3n) is 5.91. The number of amides is 2. The van der Waals surface area contributed by atoms with Gasteiger partial charge in [0.25, 0.3) is 0 Å². The van der Waals surface area contributed by atoms with Crippen LogP contribution in [-0.4, -0.2) is 47.4 Å². The molecule has 3 aliphatic rings. The molecular weight excluding hydrogens is 375 g/mol. The first kappa shape index (κ1) is 18.2. The molecule has 3 fully saturated rings. The molecule has 8 heteroatoms. The highest BCUT2D eigenvalue weighted by Gasteiger charge is 2.48. The first-order valence-corrected chi connectivity index (χ1v) is 9.50. The summed E-state index contributed by atoms with van der Waals surface area (Å²) in [6.07, 6.45) is 2.09. The molecular formula is C19H20ClFN2O4. The van der Waals surface area contributed by atoms with Gasteiger partial charge < -0.3 is 14.9 Å². The molecule has 1 aliphatic carbocycles. The lowest BCUT2D eigenvalue weighted by Crippen LogP contribution is -2.36. The zero-order valence-electron chi connectivity index (χ0n) is 14.6. The Morgan fingerprint density at radius 2 is 1.93 bits per heavy atom. The molecule has 144 valence electrons. The Hall–Kier alpha value is -2.15. The van der Waals surface area contributed by atoms with Crippen molar-refractivity contribution in [2.24, 2.45) is 23.7 Å². The van der Waals surface area contributed by atoms with Gasteiger partial charge in [0.1, 0.15) is 5.82 Å². The highest BCUT2D eigenvalue weighted by Crippen LogP contribution is 2.44. The van der Waals surface area contributed by atoms with E-state index >= 15 is 0 Å². The summed E-state index contributed by atoms with van der Waals surface area (Å²) in [6.45, 7) is 0.817. The summed E-state index contributed by atoms with van der Waals surface area (Å²) >= 11 is 5.69. The molecule has 0 bridgehead atoms. The van der Waals surface area contributed by atoms with E-state index in [1.54, 1.807) is 11.0 Å². The van der Waals surface area contributed by atoms with E-state index in [-0.39, 0.29) is 42.3 Å². The first-order valence-electron chi connectivity index (χ1n) is 9.12. The number of hydrogen-bond donors (Lipinski definition) is 1. The largest absolute Gasteiger partial charge is 0.481 e. The minimum absolute atomic E-state index is 0.00465. The Kier molecular flexibility index (Phi) is 4.58. The first-order chi connectivity index (χ1) is 12.8. The summed E-state index contributed by atoms with van der Waals surface area (Å²) in [7, 11) is 0. The van der Waals surface area contributed by atoms with Gasteiger partial charge in [0.15, 0.2) is 0 Å². The average molecular weight is 395 g/mol. The molecule has 0 aromatic heterocycles. The predicted octanol–water partition coefficient (Wildman–Crippen LogP) is 2.40. The van der Waals surface area contributed by atoms with Crippen molar-refractivity contribution in [3.05, 3.63) is 29.0 Å². The number of rotatable bonds is 4. The fourth-order valence-corrected chi connectivity index (χ4v) is 4.42. The van der Waals surface area contributed by atoms with Crippen LogP contribution in [0.4, 0.5) is 10.1 Å². The maximum Gasteiger partial charge on any atom is 0.308 e. The number of carbonyl (C=O) groups is 3. The Balaban J connectivity index is 1.46. The fourth-order valence-electron chi connectivity index (χ4n) is 4.31. The number of carboxylic acids is 1. The molecule has 2 saturated heterocycles. The van der Waals surface area contributed by atoms with Crippen molar-refractivity contribution < 1.29 is 23.9 Å². The van der Waals surface area contributed by atoms with E-state index in [4.69, 9.17) is 11.6 Å². The second-order valence-electron chi connectivity index (χ2n) is 7.69. The van der Waals surface area contributed by atoms with E-state index < -0.39 is 23.6 Å². The van der Waals surface area contributed by atoms with Gasteiger partial charge in [-0.1, -0.05) is 11.6 Å². The van der Waals surface area contributed by atoms with E-state index in [1.807, 2.05) is 0 Å². The van der Waals surface area contributed by atoms with Crippen LogP contribution in [0.25, 0.3) is 0 Å². The lowest BCUT2D eigenvalue weighted by molar-refractivity contribution is -0.143. The SMILES string of the molecule is O=C(O)[C@H]1CN(C(=O)C2CC(=O)N(c3ccc(Cl)c(F)c3)C2)C[C@@H]1C1CC1. The quantitative estimate of drug-likeness (QED) is 0.850. The zero-order valence-corrected chi connectivity index (χ0v) is 15.4. The molecule has 0 radical (unpaired) electrons. The van der Waals surface area contributed by atoms with Crippen molar-refractivity contribution >= 4 is 35.1 Å². The van der Waals surface area contributed by atoms with E-state index in [9.17, 15) is 23.9 Å². The normalized spacial score (nSPS) is 28.1. The lowest BCUT2D eigenvalue weighted by atomic mass is 9.92. The van der Waals surface area contributed by atoms with Crippen LogP contribution in [0, 0.1) is 29.5 Å². The van der Waals surface area contributed by atoms with Crippen LogP contribution in [0.5, 0.6) is 0 Å². The maximum absolute atomic E-state index is 13.7. The monoisotopic (exact) mass is 394 g/mol. The van der Waals surface area contributed by atoms with E-state index in [1.165, 1.54) is 17.0 Å². The van der Waals surface area contributed by atoms with Gasteiger partial charge in [-0.3, -0.25) is 14.4 Å². The molecule has 1 N–H and O–H groups in total. The van der Waals surface area contributed by atoms with Crippen molar-refractivity contribution in [2.75, 3.05) is 24.5 Å². The van der Waals surface area contributed by atoms with Crippen molar-refractivity contribution in [3.63, 3.8) is 0 Å². The summed E-state index contributed by atoms with van der Waals surface area (Å²) in [4.78, 5) is 39.8. The molecule has 1 unspecified atom stereocenters. The Morgan fingerprint density at radius 1 is 1.19 bits per heavy atom. The van der Waals surface area contributed by atoms with Gasteiger partial charge >= 0.3 is 5.97 Å². The molecule has 2 amide bonds. The van der Waals surface area contributed by atoms with Gasteiger partial charge in [-0.15, -0.1) is 0 Å². The van der Waals surface area contributed by atoms with Crippen molar-refractivity contribution in [1.29, 1.82) is 0 Å². The Morgan fingerprint density at radius 3 is 2.56 bits per heavy atom. The van der Waals surface area contributed by atoms with Crippen LogP contribution in [0.3, 0.4) is 0 Å². The number of anilines is 1. The van der Waals surface area contributed by atoms with Crippen molar-refractivity contribution in [2.45, 2.75) is 19.3 Å². The number of carbonyl (C=O) groups excluding carboxylic acids is 2. The molecule has 6 nitrogen and oxygen atoms in total. The second kappa shape index (κ2) is 6.78. The highest BCUT2D eigenvalue weighted by atomic mass is 35.5. The highest BCUT2D eigenvalue weighted by molar-refractivity contribution is 6.30. The standard InChI is InChI=1S/C19H20ClFN2O4/c20-15-4-3-12(6-16(15)21)23-7-11(5-17(23)24)18(25)22-8-13(10-1-2-10)14(9-22)19(26)27/h3-4,6,10-11,13-14H,1-2,5,7-9H2,(H,26,27)/t11?,13-,14+/m1/s1. The molecule has 27 heavy (non-hydrogen) atoms. The van der Waals surface area contributed by atoms with Gasteiger partial charge in [-0.25, -0.2) is 4.39 Å². The van der Waals surface area contributed by atoms with Crippen LogP contribution in [-0.2, 0) is 14.4 Å². The van der Waals surface area contributed by atoms with Crippen LogP contribution in [0.2, 0.25) is 5.02 Å². The van der Waals surface area contributed by atoms with Crippen LogP contribution in [0.15, 0.2) is 18.2 Å². The Labute approximate surface area is 160 Å². The second-order valence-corrected chi connectivity index (χ2v) is 8.10. The lowest BCUT2D eigenvalue weighted by Gasteiger charge is -2.21. The predicted molar refractivity (Wildman–Crippen MR) is 95.8 cm³/mol. The molecule has 2 heterocycles. The van der Waals surface area contributed by atoms with Crippen molar-refractivity contribution in [1.82, 2.24) is 4.90 Å². The third kappa shape index (κ3) is 3.40. The molecule has 1 aromatic rings.